The van der Waals surface area contributed by atoms with Gasteiger partial charge in [0.2, 0.25) is 5.91 Å². The Morgan fingerprint density at radius 3 is 2.47 bits per heavy atom. The number of rotatable bonds is 4. The maximum Gasteiger partial charge on any atom is 0.217 e. The molecule has 0 heterocycles. The molecule has 0 bridgehead atoms. The number of aldehydes is 1. The number of benzene rings is 1. The normalized spacial score (nSPS) is 11.9. The molecule has 1 rings (SSSR count). The molecule has 1 N–H and O–H groups in total. The standard InChI is InChI=1S/C12H15NO2/c1-9(13-10(2)15)7-11-3-5-12(8-14)6-4-11/h3-6,8-9H,7H2,1-2H3,(H,13,15). The first-order chi connectivity index (χ1) is 7.11. The van der Waals surface area contributed by atoms with Crippen LogP contribution in [0.3, 0.4) is 0 Å². The number of nitrogens with one attached hydrogen (secondary N) is 1. The van der Waals surface area contributed by atoms with E-state index in [4.69, 9.17) is 0 Å². The van der Waals surface area contributed by atoms with Crippen molar-refractivity contribution in [2.75, 3.05) is 0 Å². The molecular weight excluding hydrogens is 190 g/mol. The summed E-state index contributed by atoms with van der Waals surface area (Å²) in [4.78, 5) is 21.2. The Labute approximate surface area is 89.5 Å². The zero-order valence-corrected chi connectivity index (χ0v) is 8.99. The second kappa shape index (κ2) is 5.29. The van der Waals surface area contributed by atoms with Crippen molar-refractivity contribution in [2.45, 2.75) is 26.3 Å². The van der Waals surface area contributed by atoms with Crippen molar-refractivity contribution in [1.29, 1.82) is 0 Å². The van der Waals surface area contributed by atoms with E-state index in [2.05, 4.69) is 5.32 Å². The molecule has 1 atom stereocenters. The van der Waals surface area contributed by atoms with Crippen LogP contribution in [-0.4, -0.2) is 18.2 Å². The van der Waals surface area contributed by atoms with Crippen molar-refractivity contribution in [1.82, 2.24) is 5.32 Å². The summed E-state index contributed by atoms with van der Waals surface area (Å²) in [6.07, 6.45) is 1.60. The highest BCUT2D eigenvalue weighted by atomic mass is 16.1. The topological polar surface area (TPSA) is 46.2 Å². The van der Waals surface area contributed by atoms with Crippen LogP contribution in [0.1, 0.15) is 29.8 Å². The van der Waals surface area contributed by atoms with Crippen molar-refractivity contribution in [3.05, 3.63) is 35.4 Å². The minimum absolute atomic E-state index is 0.0213. The Morgan fingerprint density at radius 2 is 2.00 bits per heavy atom. The molecule has 0 aliphatic heterocycles. The summed E-state index contributed by atoms with van der Waals surface area (Å²) in [7, 11) is 0. The van der Waals surface area contributed by atoms with Crippen LogP contribution in [0.15, 0.2) is 24.3 Å². The van der Waals surface area contributed by atoms with Gasteiger partial charge in [0.1, 0.15) is 6.29 Å². The molecule has 0 radical (unpaired) electrons. The third-order valence-electron chi connectivity index (χ3n) is 2.11. The molecule has 1 amide bonds. The molecule has 1 aromatic carbocycles. The van der Waals surface area contributed by atoms with E-state index in [0.717, 1.165) is 18.3 Å². The molecule has 0 aliphatic carbocycles. The smallest absolute Gasteiger partial charge is 0.217 e. The predicted octanol–water partition coefficient (Wildman–Crippen LogP) is 1.57. The van der Waals surface area contributed by atoms with Gasteiger partial charge < -0.3 is 5.32 Å². The minimum Gasteiger partial charge on any atom is -0.354 e. The summed E-state index contributed by atoms with van der Waals surface area (Å²) in [5.74, 6) is -0.0213. The zero-order valence-electron chi connectivity index (χ0n) is 8.99. The molecule has 0 aliphatic rings. The maximum atomic E-state index is 10.8. The average Bonchev–Trinajstić information content (AvgIpc) is 2.17. The molecule has 0 saturated carbocycles. The predicted molar refractivity (Wildman–Crippen MR) is 58.8 cm³/mol. The molecule has 0 spiro atoms. The van der Waals surface area contributed by atoms with Crippen LogP contribution < -0.4 is 5.32 Å². The van der Waals surface area contributed by atoms with E-state index in [-0.39, 0.29) is 11.9 Å². The average molecular weight is 205 g/mol. The number of hydrogen-bond donors (Lipinski definition) is 1. The fraction of sp³-hybridized carbons (Fsp3) is 0.333. The Balaban J connectivity index is 2.56. The molecule has 0 fully saturated rings. The van der Waals surface area contributed by atoms with Gasteiger partial charge in [0, 0.05) is 18.5 Å². The van der Waals surface area contributed by atoms with Gasteiger partial charge in [0.15, 0.2) is 0 Å². The lowest BCUT2D eigenvalue weighted by molar-refractivity contribution is -0.119. The molecule has 80 valence electrons. The first-order valence-corrected chi connectivity index (χ1v) is 4.93. The second-order valence-corrected chi connectivity index (χ2v) is 3.67. The van der Waals surface area contributed by atoms with Crippen molar-refractivity contribution in [2.24, 2.45) is 0 Å². The minimum atomic E-state index is -0.0213. The Morgan fingerprint density at radius 1 is 1.40 bits per heavy atom. The summed E-state index contributed by atoms with van der Waals surface area (Å²) >= 11 is 0. The molecule has 15 heavy (non-hydrogen) atoms. The van der Waals surface area contributed by atoms with Crippen LogP contribution in [0.4, 0.5) is 0 Å². The Hall–Kier alpha value is -1.64. The maximum absolute atomic E-state index is 10.8. The molecule has 1 unspecified atom stereocenters. The molecule has 0 saturated heterocycles. The summed E-state index contributed by atoms with van der Waals surface area (Å²) in [6, 6.07) is 7.49. The highest BCUT2D eigenvalue weighted by Crippen LogP contribution is 2.05. The van der Waals surface area contributed by atoms with Crippen LogP contribution in [0.2, 0.25) is 0 Å². The van der Waals surface area contributed by atoms with Gasteiger partial charge in [-0.15, -0.1) is 0 Å². The monoisotopic (exact) mass is 205 g/mol. The lowest BCUT2D eigenvalue weighted by Crippen LogP contribution is -2.31. The summed E-state index contributed by atoms with van der Waals surface area (Å²) < 4.78 is 0. The Kier molecular flexibility index (Phi) is 4.03. The van der Waals surface area contributed by atoms with Gasteiger partial charge in [-0.25, -0.2) is 0 Å². The van der Waals surface area contributed by atoms with E-state index in [1.807, 2.05) is 19.1 Å². The lowest BCUT2D eigenvalue weighted by Gasteiger charge is -2.12. The van der Waals surface area contributed by atoms with Gasteiger partial charge in [-0.05, 0) is 18.9 Å². The second-order valence-electron chi connectivity index (χ2n) is 3.67. The molecule has 3 nitrogen and oxygen atoms in total. The van der Waals surface area contributed by atoms with E-state index in [1.54, 1.807) is 12.1 Å². The van der Waals surface area contributed by atoms with Gasteiger partial charge in [0.25, 0.3) is 0 Å². The van der Waals surface area contributed by atoms with Crippen LogP contribution in [0.25, 0.3) is 0 Å². The molecular formula is C12H15NO2. The SMILES string of the molecule is CC(=O)NC(C)Cc1ccc(C=O)cc1. The van der Waals surface area contributed by atoms with Gasteiger partial charge in [0.05, 0.1) is 0 Å². The third-order valence-corrected chi connectivity index (χ3v) is 2.11. The van der Waals surface area contributed by atoms with Gasteiger partial charge in [-0.2, -0.15) is 0 Å². The van der Waals surface area contributed by atoms with E-state index < -0.39 is 0 Å². The van der Waals surface area contributed by atoms with Crippen molar-refractivity contribution >= 4 is 12.2 Å². The number of amides is 1. The van der Waals surface area contributed by atoms with Crippen LogP contribution >= 0.6 is 0 Å². The first kappa shape index (κ1) is 11.4. The van der Waals surface area contributed by atoms with Gasteiger partial charge in [-0.1, -0.05) is 24.3 Å². The van der Waals surface area contributed by atoms with Crippen molar-refractivity contribution in [3.8, 4) is 0 Å². The van der Waals surface area contributed by atoms with Gasteiger partial charge in [-0.3, -0.25) is 9.59 Å². The third kappa shape index (κ3) is 3.94. The fourth-order valence-corrected chi connectivity index (χ4v) is 1.48. The lowest BCUT2D eigenvalue weighted by atomic mass is 10.1. The first-order valence-electron chi connectivity index (χ1n) is 4.93. The van der Waals surface area contributed by atoms with E-state index >= 15 is 0 Å². The molecule has 3 heteroatoms. The zero-order chi connectivity index (χ0) is 11.3. The van der Waals surface area contributed by atoms with Crippen molar-refractivity contribution in [3.63, 3.8) is 0 Å². The van der Waals surface area contributed by atoms with Crippen LogP contribution in [0.5, 0.6) is 0 Å². The van der Waals surface area contributed by atoms with Crippen molar-refractivity contribution < 1.29 is 9.59 Å². The summed E-state index contributed by atoms with van der Waals surface area (Å²) in [5, 5.41) is 2.81. The number of carbonyl (C=O) groups is 2. The number of carbonyl (C=O) groups excluding carboxylic acids is 2. The summed E-state index contributed by atoms with van der Waals surface area (Å²) in [6.45, 7) is 3.46. The van der Waals surface area contributed by atoms with E-state index in [0.29, 0.717) is 5.56 Å². The number of hydrogen-bond acceptors (Lipinski definition) is 2. The van der Waals surface area contributed by atoms with Crippen LogP contribution in [-0.2, 0) is 11.2 Å². The van der Waals surface area contributed by atoms with Gasteiger partial charge >= 0.3 is 0 Å². The van der Waals surface area contributed by atoms with E-state index in [9.17, 15) is 9.59 Å². The molecule has 0 aromatic heterocycles. The van der Waals surface area contributed by atoms with E-state index in [1.165, 1.54) is 6.92 Å². The quantitative estimate of drug-likeness (QED) is 0.758. The molecule has 1 aromatic rings. The van der Waals surface area contributed by atoms with Crippen LogP contribution in [0, 0.1) is 0 Å². The highest BCUT2D eigenvalue weighted by Gasteiger charge is 2.04. The highest BCUT2D eigenvalue weighted by molar-refractivity contribution is 5.74. The fourth-order valence-electron chi connectivity index (χ4n) is 1.48. The Bertz CT molecular complexity index is 343. The summed E-state index contributed by atoms with van der Waals surface area (Å²) in [5.41, 5.74) is 1.78. The largest absolute Gasteiger partial charge is 0.354 e.